The van der Waals surface area contributed by atoms with Crippen LogP contribution in [0.3, 0.4) is 0 Å². The van der Waals surface area contributed by atoms with E-state index in [2.05, 4.69) is 36.2 Å². The fourth-order valence-electron chi connectivity index (χ4n) is 3.79. The molecule has 1 fully saturated rings. The molecule has 160 valence electrons. The van der Waals surface area contributed by atoms with Crippen LogP contribution in [0.2, 0.25) is 0 Å². The second kappa shape index (κ2) is 10.6. The van der Waals surface area contributed by atoms with Crippen LogP contribution in [0.25, 0.3) is 0 Å². The zero-order valence-corrected chi connectivity index (χ0v) is 18.9. The number of carbonyl (C=O) groups excluding carboxylic acids is 2. The summed E-state index contributed by atoms with van der Waals surface area (Å²) in [7, 11) is 0. The highest BCUT2D eigenvalue weighted by Crippen LogP contribution is 2.27. The van der Waals surface area contributed by atoms with Crippen LogP contribution in [-0.4, -0.2) is 42.6 Å². The molecule has 0 aromatic heterocycles. The Morgan fingerprint density at radius 2 is 1.77 bits per heavy atom. The van der Waals surface area contributed by atoms with E-state index in [0.717, 1.165) is 35.8 Å². The predicted octanol–water partition coefficient (Wildman–Crippen LogP) is 3.92. The number of benzene rings is 2. The first-order chi connectivity index (χ1) is 14.5. The van der Waals surface area contributed by atoms with Crippen LogP contribution < -0.4 is 10.2 Å². The van der Waals surface area contributed by atoms with E-state index in [1.54, 1.807) is 16.7 Å². The Bertz CT molecular complexity index is 865. The lowest BCUT2D eigenvalue weighted by Crippen LogP contribution is -2.33. The molecule has 1 heterocycles. The molecule has 30 heavy (non-hydrogen) atoms. The lowest BCUT2D eigenvalue weighted by molar-refractivity contribution is -0.126. The van der Waals surface area contributed by atoms with Gasteiger partial charge in [-0.2, -0.15) is 0 Å². The van der Waals surface area contributed by atoms with Gasteiger partial charge in [0.05, 0.1) is 5.92 Å². The van der Waals surface area contributed by atoms with Gasteiger partial charge in [0.15, 0.2) is 0 Å². The molecule has 0 bridgehead atoms. The molecule has 1 aliphatic rings. The van der Waals surface area contributed by atoms with Crippen LogP contribution >= 0.6 is 11.8 Å². The highest BCUT2D eigenvalue weighted by Gasteiger charge is 2.35. The molecule has 2 amide bonds. The average molecular weight is 426 g/mol. The zero-order valence-electron chi connectivity index (χ0n) is 18.1. The van der Waals surface area contributed by atoms with Crippen molar-refractivity contribution < 1.29 is 9.59 Å². The van der Waals surface area contributed by atoms with Gasteiger partial charge in [0.2, 0.25) is 11.8 Å². The van der Waals surface area contributed by atoms with Crippen LogP contribution in [0.4, 0.5) is 5.69 Å². The van der Waals surface area contributed by atoms with Gasteiger partial charge in [-0.25, -0.2) is 0 Å². The normalized spacial score (nSPS) is 16.3. The molecule has 6 heteroatoms. The first-order valence-corrected chi connectivity index (χ1v) is 11.8. The summed E-state index contributed by atoms with van der Waals surface area (Å²) >= 11 is 1.67. The Balaban J connectivity index is 1.60. The third-order valence-corrected chi connectivity index (χ3v) is 6.48. The predicted molar refractivity (Wildman–Crippen MR) is 124 cm³/mol. The molecule has 1 aliphatic heterocycles. The largest absolute Gasteiger partial charge is 0.352 e. The van der Waals surface area contributed by atoms with Gasteiger partial charge in [0.25, 0.3) is 0 Å². The molecular formula is C24H31N3O2S. The molecule has 5 nitrogen and oxygen atoms in total. The number of nitrogens with zero attached hydrogens (tertiary/aromatic N) is 2. The Kier molecular flexibility index (Phi) is 7.94. The van der Waals surface area contributed by atoms with E-state index in [1.807, 2.05) is 42.7 Å². The van der Waals surface area contributed by atoms with Crippen molar-refractivity contribution in [1.29, 1.82) is 0 Å². The minimum atomic E-state index is -0.312. The Morgan fingerprint density at radius 1 is 1.10 bits per heavy atom. The van der Waals surface area contributed by atoms with Gasteiger partial charge < -0.3 is 10.2 Å². The van der Waals surface area contributed by atoms with Crippen LogP contribution in [0.15, 0.2) is 53.4 Å². The summed E-state index contributed by atoms with van der Waals surface area (Å²) in [6.45, 7) is 8.11. The number of nitrogens with one attached hydrogen (secondary N) is 1. The number of thioether (sulfide) groups is 1. The van der Waals surface area contributed by atoms with E-state index in [9.17, 15) is 9.59 Å². The SMILES string of the molecule is CCN(CC)Cc1ccccc1CNC(=O)C1CC(=O)N(c2ccc(SC)cc2)C1. The lowest BCUT2D eigenvalue weighted by atomic mass is 10.1. The van der Waals surface area contributed by atoms with Crippen molar-refractivity contribution in [2.75, 3.05) is 30.8 Å². The number of amides is 2. The third kappa shape index (κ3) is 5.43. The van der Waals surface area contributed by atoms with Gasteiger partial charge in [0.1, 0.15) is 0 Å². The Hall–Kier alpha value is -2.31. The first kappa shape index (κ1) is 22.4. The molecule has 0 aliphatic carbocycles. The van der Waals surface area contributed by atoms with Crippen LogP contribution in [0.1, 0.15) is 31.4 Å². The molecule has 1 saturated heterocycles. The summed E-state index contributed by atoms with van der Waals surface area (Å²) in [6.07, 6.45) is 2.29. The average Bonchev–Trinajstić information content (AvgIpc) is 3.18. The number of hydrogen-bond donors (Lipinski definition) is 1. The van der Waals surface area contributed by atoms with E-state index in [4.69, 9.17) is 0 Å². The number of rotatable bonds is 9. The lowest BCUT2D eigenvalue weighted by Gasteiger charge is -2.20. The van der Waals surface area contributed by atoms with Crippen molar-refractivity contribution >= 4 is 29.3 Å². The molecule has 0 radical (unpaired) electrons. The smallest absolute Gasteiger partial charge is 0.227 e. The van der Waals surface area contributed by atoms with E-state index in [-0.39, 0.29) is 24.2 Å². The summed E-state index contributed by atoms with van der Waals surface area (Å²) in [4.78, 5) is 30.5. The summed E-state index contributed by atoms with van der Waals surface area (Å²) in [5, 5.41) is 3.06. The topological polar surface area (TPSA) is 52.7 Å². The highest BCUT2D eigenvalue weighted by molar-refractivity contribution is 7.98. The molecule has 2 aromatic rings. The van der Waals surface area contributed by atoms with Gasteiger partial charge >= 0.3 is 0 Å². The standard InChI is InChI=1S/C24H31N3O2S/c1-4-26(5-2)16-19-9-7-6-8-18(19)15-25-24(29)20-14-23(28)27(17-20)21-10-12-22(30-3)13-11-21/h6-13,20H,4-5,14-17H2,1-3H3,(H,25,29). The maximum absolute atomic E-state index is 12.8. The second-order valence-corrected chi connectivity index (χ2v) is 8.43. The van der Waals surface area contributed by atoms with Crippen LogP contribution in [0.5, 0.6) is 0 Å². The molecule has 0 saturated carbocycles. The maximum atomic E-state index is 12.8. The minimum absolute atomic E-state index is 0.00832. The fraction of sp³-hybridized carbons (Fsp3) is 0.417. The zero-order chi connectivity index (χ0) is 21.5. The van der Waals surface area contributed by atoms with Crippen molar-refractivity contribution in [2.45, 2.75) is 38.3 Å². The molecule has 3 rings (SSSR count). The van der Waals surface area contributed by atoms with Crippen molar-refractivity contribution in [3.63, 3.8) is 0 Å². The van der Waals surface area contributed by atoms with Gasteiger partial charge in [0, 0.05) is 36.6 Å². The first-order valence-electron chi connectivity index (χ1n) is 10.6. The van der Waals surface area contributed by atoms with Crippen molar-refractivity contribution in [1.82, 2.24) is 10.2 Å². The summed E-state index contributed by atoms with van der Waals surface area (Å²) in [5.74, 6) is -0.356. The Morgan fingerprint density at radius 3 is 2.40 bits per heavy atom. The maximum Gasteiger partial charge on any atom is 0.227 e. The van der Waals surface area contributed by atoms with Gasteiger partial charge in [-0.3, -0.25) is 14.5 Å². The Labute approximate surface area is 183 Å². The fourth-order valence-corrected chi connectivity index (χ4v) is 4.20. The summed E-state index contributed by atoms with van der Waals surface area (Å²) in [5.41, 5.74) is 3.23. The summed E-state index contributed by atoms with van der Waals surface area (Å²) in [6, 6.07) is 16.2. The summed E-state index contributed by atoms with van der Waals surface area (Å²) < 4.78 is 0. The van der Waals surface area contributed by atoms with Gasteiger partial charge in [-0.15, -0.1) is 11.8 Å². The van der Waals surface area contributed by atoms with E-state index < -0.39 is 0 Å². The van der Waals surface area contributed by atoms with Gasteiger partial charge in [-0.1, -0.05) is 38.1 Å². The van der Waals surface area contributed by atoms with Crippen molar-refractivity contribution in [3.8, 4) is 0 Å². The van der Waals surface area contributed by atoms with Crippen molar-refractivity contribution in [3.05, 3.63) is 59.7 Å². The molecule has 1 atom stereocenters. The minimum Gasteiger partial charge on any atom is -0.352 e. The molecule has 0 spiro atoms. The van der Waals surface area contributed by atoms with E-state index >= 15 is 0 Å². The second-order valence-electron chi connectivity index (χ2n) is 7.55. The van der Waals surface area contributed by atoms with Crippen LogP contribution in [-0.2, 0) is 22.7 Å². The van der Waals surface area contributed by atoms with Crippen molar-refractivity contribution in [2.24, 2.45) is 5.92 Å². The number of hydrogen-bond acceptors (Lipinski definition) is 4. The van der Waals surface area contributed by atoms with Gasteiger partial charge in [-0.05, 0) is 54.7 Å². The van der Waals surface area contributed by atoms with E-state index in [1.165, 1.54) is 5.56 Å². The molecule has 2 aromatic carbocycles. The third-order valence-electron chi connectivity index (χ3n) is 5.74. The highest BCUT2D eigenvalue weighted by atomic mass is 32.2. The number of anilines is 1. The number of carbonyl (C=O) groups is 2. The molecule has 1 N–H and O–H groups in total. The van der Waals surface area contributed by atoms with E-state index in [0.29, 0.717) is 13.1 Å². The molecular weight excluding hydrogens is 394 g/mol. The molecule has 1 unspecified atom stereocenters. The quantitative estimate of drug-likeness (QED) is 0.619. The monoisotopic (exact) mass is 425 g/mol. The van der Waals surface area contributed by atoms with Crippen LogP contribution in [0, 0.1) is 5.92 Å².